The summed E-state index contributed by atoms with van der Waals surface area (Å²) in [5, 5.41) is 8.74. The minimum atomic E-state index is -0.747. The molecule has 0 bridgehead atoms. The number of carboxylic acids is 1. The summed E-state index contributed by atoms with van der Waals surface area (Å²) in [6, 6.07) is 9.21. The van der Waals surface area contributed by atoms with E-state index in [1.807, 2.05) is 35.2 Å². The molecule has 1 fully saturated rings. The SMILES string of the molecule is O=C(O)CC1CCN(C(=O)c2ccccc2)CC1. The zero-order valence-electron chi connectivity index (χ0n) is 10.2. The van der Waals surface area contributed by atoms with E-state index in [9.17, 15) is 9.59 Å². The molecule has 1 aliphatic rings. The van der Waals surface area contributed by atoms with Crippen LogP contribution in [0.4, 0.5) is 0 Å². The van der Waals surface area contributed by atoms with Gasteiger partial charge in [0, 0.05) is 25.1 Å². The van der Waals surface area contributed by atoms with E-state index < -0.39 is 5.97 Å². The zero-order valence-corrected chi connectivity index (χ0v) is 10.2. The van der Waals surface area contributed by atoms with E-state index in [0.717, 1.165) is 12.8 Å². The second kappa shape index (κ2) is 5.67. The van der Waals surface area contributed by atoms with E-state index in [1.165, 1.54) is 0 Å². The number of nitrogens with zero attached hydrogens (tertiary/aromatic N) is 1. The summed E-state index contributed by atoms with van der Waals surface area (Å²) in [4.78, 5) is 24.6. The van der Waals surface area contributed by atoms with Gasteiger partial charge in [0.2, 0.25) is 0 Å². The van der Waals surface area contributed by atoms with Crippen molar-refractivity contribution in [2.75, 3.05) is 13.1 Å². The highest BCUT2D eigenvalue weighted by atomic mass is 16.4. The molecule has 4 heteroatoms. The molecule has 0 atom stereocenters. The van der Waals surface area contributed by atoms with Gasteiger partial charge in [-0.15, -0.1) is 0 Å². The fraction of sp³-hybridized carbons (Fsp3) is 0.429. The fourth-order valence-corrected chi connectivity index (χ4v) is 2.35. The third-order valence-electron chi connectivity index (χ3n) is 3.39. The van der Waals surface area contributed by atoms with Crippen LogP contribution in [0.15, 0.2) is 30.3 Å². The lowest BCUT2D eigenvalue weighted by atomic mass is 9.93. The van der Waals surface area contributed by atoms with Crippen LogP contribution in [0.3, 0.4) is 0 Å². The lowest BCUT2D eigenvalue weighted by molar-refractivity contribution is -0.138. The van der Waals surface area contributed by atoms with E-state index in [1.54, 1.807) is 0 Å². The highest BCUT2D eigenvalue weighted by molar-refractivity contribution is 5.94. The quantitative estimate of drug-likeness (QED) is 0.889. The van der Waals surface area contributed by atoms with E-state index in [4.69, 9.17) is 5.11 Å². The first kappa shape index (κ1) is 12.6. The predicted molar refractivity (Wildman–Crippen MR) is 67.3 cm³/mol. The van der Waals surface area contributed by atoms with Crippen LogP contribution in [-0.2, 0) is 4.79 Å². The van der Waals surface area contributed by atoms with Crippen LogP contribution in [0.5, 0.6) is 0 Å². The Morgan fingerprint density at radius 1 is 1.17 bits per heavy atom. The number of amides is 1. The maximum Gasteiger partial charge on any atom is 0.303 e. The molecule has 1 aromatic carbocycles. The first-order valence-electron chi connectivity index (χ1n) is 6.23. The molecule has 0 unspecified atom stereocenters. The van der Waals surface area contributed by atoms with Crippen LogP contribution < -0.4 is 0 Å². The Labute approximate surface area is 106 Å². The maximum absolute atomic E-state index is 12.1. The number of hydrogen-bond donors (Lipinski definition) is 1. The van der Waals surface area contributed by atoms with Gasteiger partial charge in [0.25, 0.3) is 5.91 Å². The zero-order chi connectivity index (χ0) is 13.0. The Morgan fingerprint density at radius 2 is 1.78 bits per heavy atom. The summed E-state index contributed by atoms with van der Waals surface area (Å²) >= 11 is 0. The summed E-state index contributed by atoms with van der Waals surface area (Å²) in [6.07, 6.45) is 1.78. The number of carboxylic acid groups (broad SMARTS) is 1. The number of carbonyl (C=O) groups is 2. The Bertz CT molecular complexity index is 422. The minimum absolute atomic E-state index is 0.0457. The largest absolute Gasteiger partial charge is 0.481 e. The average molecular weight is 247 g/mol. The number of piperidine rings is 1. The van der Waals surface area contributed by atoms with Crippen LogP contribution in [0, 0.1) is 5.92 Å². The van der Waals surface area contributed by atoms with Gasteiger partial charge in [0.1, 0.15) is 0 Å². The Balaban J connectivity index is 1.90. The topological polar surface area (TPSA) is 57.6 Å². The Kier molecular flexibility index (Phi) is 3.97. The predicted octanol–water partition coefficient (Wildman–Crippen LogP) is 2.01. The third kappa shape index (κ3) is 3.09. The number of hydrogen-bond acceptors (Lipinski definition) is 2. The van der Waals surface area contributed by atoms with Crippen molar-refractivity contribution >= 4 is 11.9 Å². The molecule has 0 saturated carbocycles. The van der Waals surface area contributed by atoms with Gasteiger partial charge in [0.15, 0.2) is 0 Å². The van der Waals surface area contributed by atoms with Gasteiger partial charge in [-0.2, -0.15) is 0 Å². The highest BCUT2D eigenvalue weighted by Crippen LogP contribution is 2.21. The van der Waals surface area contributed by atoms with Crippen molar-refractivity contribution in [3.8, 4) is 0 Å². The third-order valence-corrected chi connectivity index (χ3v) is 3.39. The molecule has 1 saturated heterocycles. The van der Waals surface area contributed by atoms with Crippen LogP contribution in [-0.4, -0.2) is 35.0 Å². The Morgan fingerprint density at radius 3 is 2.33 bits per heavy atom. The van der Waals surface area contributed by atoms with Crippen LogP contribution in [0.25, 0.3) is 0 Å². The van der Waals surface area contributed by atoms with Crippen LogP contribution in [0.1, 0.15) is 29.6 Å². The molecule has 1 N–H and O–H groups in total. The number of rotatable bonds is 3. The van der Waals surface area contributed by atoms with Gasteiger partial charge in [-0.25, -0.2) is 0 Å². The fourth-order valence-electron chi connectivity index (χ4n) is 2.35. The van der Waals surface area contributed by atoms with Gasteiger partial charge in [-0.3, -0.25) is 9.59 Å². The summed E-state index contributed by atoms with van der Waals surface area (Å²) in [5.41, 5.74) is 0.703. The molecule has 1 aromatic rings. The van der Waals surface area contributed by atoms with Crippen molar-refractivity contribution in [3.05, 3.63) is 35.9 Å². The second-order valence-electron chi connectivity index (χ2n) is 4.70. The molecule has 1 amide bonds. The van der Waals surface area contributed by atoms with Crippen molar-refractivity contribution in [1.29, 1.82) is 0 Å². The molecule has 2 rings (SSSR count). The Hall–Kier alpha value is -1.84. The van der Waals surface area contributed by atoms with Gasteiger partial charge in [0.05, 0.1) is 0 Å². The molecule has 0 spiro atoms. The molecule has 1 aliphatic heterocycles. The number of carbonyl (C=O) groups excluding carboxylic acids is 1. The van der Waals surface area contributed by atoms with E-state index >= 15 is 0 Å². The van der Waals surface area contributed by atoms with Crippen molar-refractivity contribution in [2.45, 2.75) is 19.3 Å². The summed E-state index contributed by atoms with van der Waals surface area (Å²) < 4.78 is 0. The van der Waals surface area contributed by atoms with E-state index in [2.05, 4.69) is 0 Å². The van der Waals surface area contributed by atoms with Crippen molar-refractivity contribution in [1.82, 2.24) is 4.90 Å². The number of likely N-dealkylation sites (tertiary alicyclic amines) is 1. The molecule has 0 aromatic heterocycles. The summed E-state index contributed by atoms with van der Waals surface area (Å²) in [7, 11) is 0. The first-order valence-corrected chi connectivity index (χ1v) is 6.23. The minimum Gasteiger partial charge on any atom is -0.481 e. The standard InChI is InChI=1S/C14H17NO3/c16-13(17)10-11-6-8-15(9-7-11)14(18)12-4-2-1-3-5-12/h1-5,11H,6-10H2,(H,16,17). The van der Waals surface area contributed by atoms with Crippen LogP contribution in [0.2, 0.25) is 0 Å². The van der Waals surface area contributed by atoms with Crippen molar-refractivity contribution in [3.63, 3.8) is 0 Å². The lowest BCUT2D eigenvalue weighted by Crippen LogP contribution is -2.38. The molecular formula is C14H17NO3. The molecule has 0 aliphatic carbocycles. The molecular weight excluding hydrogens is 230 g/mol. The first-order chi connectivity index (χ1) is 8.66. The normalized spacial score (nSPS) is 16.6. The van der Waals surface area contributed by atoms with Crippen LogP contribution >= 0.6 is 0 Å². The average Bonchev–Trinajstić information content (AvgIpc) is 2.39. The smallest absolute Gasteiger partial charge is 0.303 e. The van der Waals surface area contributed by atoms with Gasteiger partial charge < -0.3 is 10.0 Å². The molecule has 18 heavy (non-hydrogen) atoms. The number of benzene rings is 1. The van der Waals surface area contributed by atoms with Crippen molar-refractivity contribution < 1.29 is 14.7 Å². The molecule has 0 radical (unpaired) electrons. The number of aliphatic carboxylic acids is 1. The molecule has 1 heterocycles. The molecule has 96 valence electrons. The van der Waals surface area contributed by atoms with Crippen molar-refractivity contribution in [2.24, 2.45) is 5.92 Å². The maximum atomic E-state index is 12.1. The molecule has 4 nitrogen and oxygen atoms in total. The van der Waals surface area contributed by atoms with Gasteiger partial charge in [-0.05, 0) is 30.9 Å². The van der Waals surface area contributed by atoms with E-state index in [0.29, 0.717) is 18.7 Å². The van der Waals surface area contributed by atoms with Gasteiger partial charge in [-0.1, -0.05) is 18.2 Å². The summed E-state index contributed by atoms with van der Waals surface area (Å²) in [5.74, 6) is -0.491. The summed E-state index contributed by atoms with van der Waals surface area (Å²) in [6.45, 7) is 1.32. The van der Waals surface area contributed by atoms with Gasteiger partial charge >= 0.3 is 5.97 Å². The van der Waals surface area contributed by atoms with E-state index in [-0.39, 0.29) is 18.2 Å². The highest BCUT2D eigenvalue weighted by Gasteiger charge is 2.24. The second-order valence-corrected chi connectivity index (χ2v) is 4.70. The monoisotopic (exact) mass is 247 g/mol. The lowest BCUT2D eigenvalue weighted by Gasteiger charge is -2.31.